The van der Waals surface area contributed by atoms with Gasteiger partial charge in [-0.1, -0.05) is 24.3 Å². The molecule has 0 saturated carbocycles. The lowest BCUT2D eigenvalue weighted by Gasteiger charge is -2.26. The van der Waals surface area contributed by atoms with Gasteiger partial charge < -0.3 is 111 Å². The molecule has 6 fully saturated rings. The predicted molar refractivity (Wildman–Crippen MR) is 507 cm³/mol. The minimum absolute atomic E-state index is 0.00885. The Kier molecular flexibility index (Phi) is 32.9. The average molecular weight is 2230 g/mol. The van der Waals surface area contributed by atoms with Crippen LogP contribution in [0.3, 0.4) is 0 Å². The zero-order valence-electron chi connectivity index (χ0n) is 78.6. The molecule has 24 atom stereocenters. The lowest BCUT2D eigenvalue weighted by Crippen LogP contribution is -2.33. The number of aryl methyl sites for hydroxylation is 1. The summed E-state index contributed by atoms with van der Waals surface area (Å²) in [5.41, 5.74) is 24.9. The maximum absolute atomic E-state index is 14.6. The molecule has 17 rings (SSSR count). The van der Waals surface area contributed by atoms with Crippen molar-refractivity contribution in [3.05, 3.63) is 177 Å². The van der Waals surface area contributed by atoms with Gasteiger partial charge in [0.15, 0.2) is 45.3 Å². The quantitative estimate of drug-likeness (QED) is 0.0144. The number of aromatic nitrogens is 18. The van der Waals surface area contributed by atoms with Crippen molar-refractivity contribution in [1.29, 1.82) is 0 Å². The van der Waals surface area contributed by atoms with Crippen molar-refractivity contribution in [3.63, 3.8) is 0 Å². The lowest BCUT2D eigenvalue weighted by atomic mass is 10.1. The average Bonchev–Trinajstić information content (AvgIpc) is 1.62. The molecule has 0 bridgehead atoms. The van der Waals surface area contributed by atoms with Gasteiger partial charge in [-0.2, -0.15) is 19.9 Å². The number of nitrogens with zero attached hydrogens (tertiary/aromatic N) is 15. The Labute approximate surface area is 840 Å². The first kappa shape index (κ1) is 109. The van der Waals surface area contributed by atoms with Crippen LogP contribution in [0.5, 0.6) is 17.2 Å². The van der Waals surface area contributed by atoms with Crippen molar-refractivity contribution in [2.24, 2.45) is 0 Å². The summed E-state index contributed by atoms with van der Waals surface area (Å²) in [6.45, 7) is -5.58. The number of phosphoric acid groups is 6. The van der Waals surface area contributed by atoms with Crippen LogP contribution in [0, 0.1) is 6.92 Å². The SMILES string of the molecule is COc1cc(/C=C/c2ccc(C(=O)NCCCOP(=O)(O)OC[C@H]3O[C@@H](n4cc(C)c(=O)[nH]c4=O)C[C@@H]3OP(=O)(O)OC[C@H]3O[C@@H](n4cnc5c(=O)[nH]c(N)nc54)C[C@@H]3OP(=O)(O)OC[C@H]3O[C@@H](n4ccc(N)nc4=O)C[C@@H]3OP(=O)(O)OC[C@H]3O[C@@H](n4cnc5c(=O)[nH]c(N)nc54)C[C@@H]3OP(=O)(O)OC[C@H]3O[C@@H](n4ccc(N)nc4=O)C[C@@H]3OP(=O)(O)OC[C@H]3O[C@@H](n4cnc5c(N)ncnc54)C[C@@H]3O)cc2)cc(OC)c1OC. The maximum Gasteiger partial charge on any atom is 0.472 e. The minimum atomic E-state index is -5.72. The number of benzene rings is 2. The van der Waals surface area contributed by atoms with Gasteiger partial charge in [0.25, 0.3) is 22.6 Å². The molecule has 2 aromatic carbocycles. The Morgan fingerprint density at radius 3 is 1.24 bits per heavy atom. The van der Waals surface area contributed by atoms with Gasteiger partial charge in [0.05, 0.1) is 92.7 Å². The van der Waals surface area contributed by atoms with E-state index >= 15 is 0 Å². The second-order valence-corrected chi connectivity index (χ2v) is 42.6. The molecule has 11 aromatic rings. The minimum Gasteiger partial charge on any atom is -0.493 e. The highest BCUT2D eigenvalue weighted by molar-refractivity contribution is 7.48. The summed E-state index contributed by atoms with van der Waals surface area (Å²) in [6, 6.07) is 12.4. The van der Waals surface area contributed by atoms with E-state index in [0.717, 1.165) is 71.3 Å². The Balaban J connectivity index is 0.553. The lowest BCUT2D eigenvalue weighted by molar-refractivity contribution is -0.0648. The number of carbonyl (C=O) groups excluding carboxylic acids is 1. The van der Waals surface area contributed by atoms with Crippen molar-refractivity contribution in [1.82, 2.24) is 92.5 Å². The Morgan fingerprint density at radius 2 is 0.820 bits per heavy atom. The molecule has 6 aliphatic rings. The number of amides is 1. The van der Waals surface area contributed by atoms with Gasteiger partial charge in [0, 0.05) is 74.8 Å². The van der Waals surface area contributed by atoms with Gasteiger partial charge in [-0.3, -0.25) is 116 Å². The second kappa shape index (κ2) is 45.2. The molecule has 0 radical (unpaired) electrons. The summed E-state index contributed by atoms with van der Waals surface area (Å²) >= 11 is 0. The van der Waals surface area contributed by atoms with Crippen LogP contribution in [-0.4, -0.2) is 275 Å². The topological polar surface area (TPSA) is 892 Å². The fourth-order valence-corrected chi connectivity index (χ4v) is 22.5. The van der Waals surface area contributed by atoms with E-state index in [2.05, 4.69) is 65.1 Å². The largest absolute Gasteiger partial charge is 0.493 e. The van der Waals surface area contributed by atoms with Crippen LogP contribution in [-0.2, 0) is 110 Å². The van der Waals surface area contributed by atoms with Gasteiger partial charge in [-0.15, -0.1) is 0 Å². The third-order valence-corrected chi connectivity index (χ3v) is 30.1. The van der Waals surface area contributed by atoms with Gasteiger partial charge in [0.2, 0.25) is 17.6 Å². The molecule has 21 N–H and O–H groups in total. The van der Waals surface area contributed by atoms with Crippen molar-refractivity contribution in [3.8, 4) is 17.2 Å². The van der Waals surface area contributed by atoms with Crippen LogP contribution < -0.4 is 81.9 Å². The third kappa shape index (κ3) is 25.8. The molecule has 1 amide bonds. The van der Waals surface area contributed by atoms with Crippen LogP contribution in [0.4, 0.5) is 29.4 Å². The summed E-state index contributed by atoms with van der Waals surface area (Å²) in [4.78, 5) is 203. The van der Waals surface area contributed by atoms with E-state index in [1.54, 1.807) is 48.6 Å². The summed E-state index contributed by atoms with van der Waals surface area (Å²) in [7, 11) is -28.7. The molecular formula is C79H98N24O41P6. The Morgan fingerprint density at radius 1 is 0.440 bits per heavy atom. The highest BCUT2D eigenvalue weighted by Crippen LogP contribution is 2.58. The standard InChI is InChI=1S/C79H98N24O41P6/c1-37-26-100(79(111)97-71(37)105)60-23-44(50(137-60)28-128-145(112,113)127-17-5-14-85-72(106)40-10-8-38(9-11-40)6-7-39-18-47(124-2)66(126-4)48(19-39)125-3)142-148(118,119)133-32-54-46(25-62(139-54)103-36-90-65-70(103)94-76(84)96-74(65)108)144-150(122,123)131-30-52-43(22-59(136-52)99-16-13-56(81)92-78(99)110)141-147(116,117)132-31-53-45(24-61(138-53)102-35-89-64-69(102)93-75(83)95-73(64)107)143-149(120,121)130-29-51-42(21-58(135-51)98-15-12-55(80)91-77(98)109)140-146(114,115)129-27-49-41(104)20-57(134-49)101-34-88-63-67(82)86-33-87-68(63)101/h6-13,15-16,18-19,26,33-36,41-46,49-54,57-62,104H,5,14,17,20-25,27-32H2,1-4H3,(H,85,106)(H,112,113)(H,114,115)(H,116,117)(H,118,119)(H,120,121)(H,122,123)(H2,80,91,109)(H2,81,92,110)(H2,82,86,87)(H,97,105,111)(H3,83,93,95,107)(H3,84,94,96,108)/b7-6+/t41-,42-,43-,44-,45-,46-,49+,50+,51+,52+,53+,54+,57+,58+,59+,60+,61+,62+/m0/s1. The molecule has 15 heterocycles. The maximum atomic E-state index is 14.6. The normalized spacial score (nSPS) is 26.4. The fourth-order valence-electron chi connectivity index (χ4n) is 16.9. The van der Waals surface area contributed by atoms with Crippen LogP contribution in [0.1, 0.15) is 109 Å². The molecule has 65 nitrogen and oxygen atoms in total. The number of aliphatic hydroxyl groups is 1. The summed E-state index contributed by atoms with van der Waals surface area (Å²) in [5, 5.41) is 13.7. The first-order valence-corrected chi connectivity index (χ1v) is 54.0. The Hall–Kier alpha value is -11.9. The van der Waals surface area contributed by atoms with Crippen molar-refractivity contribution in [2.75, 3.05) is 103 Å². The monoisotopic (exact) mass is 2220 g/mol. The number of nitrogen functional groups attached to an aromatic ring is 5. The van der Waals surface area contributed by atoms with E-state index in [-0.39, 0.29) is 81.5 Å². The summed E-state index contributed by atoms with van der Waals surface area (Å²) in [5.74, 6) is -0.465. The summed E-state index contributed by atoms with van der Waals surface area (Å²) < 4.78 is 211. The molecule has 0 spiro atoms. The van der Waals surface area contributed by atoms with Crippen molar-refractivity contribution < 1.29 is 164 Å². The number of rotatable bonds is 45. The number of imidazole rings is 3. The van der Waals surface area contributed by atoms with Gasteiger partial charge in [0.1, 0.15) is 128 Å². The number of carbonyl (C=O) groups is 1. The van der Waals surface area contributed by atoms with Gasteiger partial charge in [-0.25, -0.2) is 66.7 Å². The van der Waals surface area contributed by atoms with Gasteiger partial charge >= 0.3 is 64.0 Å². The smallest absolute Gasteiger partial charge is 0.472 e. The van der Waals surface area contributed by atoms with E-state index in [9.17, 15) is 95.4 Å². The van der Waals surface area contributed by atoms with Crippen LogP contribution in [0.25, 0.3) is 45.6 Å². The number of fused-ring (bicyclic) bond motifs is 3. The number of anilines is 5. The Bertz CT molecular complexity index is 7560. The number of aromatic amines is 3. The van der Waals surface area contributed by atoms with Crippen molar-refractivity contribution in [2.45, 2.75) is 162 Å². The van der Waals surface area contributed by atoms with E-state index < -0.39 is 287 Å². The van der Waals surface area contributed by atoms with E-state index in [1.807, 2.05) is 0 Å². The molecule has 150 heavy (non-hydrogen) atoms. The van der Waals surface area contributed by atoms with E-state index in [4.69, 9.17) is 126 Å². The number of methoxy groups -OCH3 is 3. The number of H-pyrrole nitrogens is 3. The molecule has 0 aliphatic carbocycles. The number of phosphoric ester groups is 6. The molecule has 6 unspecified atom stereocenters. The zero-order chi connectivity index (χ0) is 107. The molecule has 6 saturated heterocycles. The molecule has 71 heteroatoms. The number of ether oxygens (including phenoxy) is 9. The van der Waals surface area contributed by atoms with Crippen LogP contribution in [0.15, 0.2) is 121 Å². The predicted octanol–water partition coefficient (Wildman–Crippen LogP) is 1.12. The van der Waals surface area contributed by atoms with Crippen molar-refractivity contribution >= 4 is 128 Å². The molecule has 9 aromatic heterocycles. The van der Waals surface area contributed by atoms with E-state index in [1.165, 1.54) is 51.5 Å². The number of hydrogen-bond acceptors (Lipinski definition) is 49. The number of nitrogens with two attached hydrogens (primary N) is 5. The number of hydrogen-bond donors (Lipinski definition) is 16. The highest BCUT2D eigenvalue weighted by Gasteiger charge is 2.52. The molecule has 810 valence electrons. The number of aliphatic hydroxyl groups excluding tert-OH is 1. The third-order valence-electron chi connectivity index (χ3n) is 24.0. The number of nitrogens with one attached hydrogen (secondary N) is 4. The molecule has 6 aliphatic heterocycles. The first-order chi connectivity index (χ1) is 71.2. The molecular weight excluding hydrogens is 2130 g/mol. The van der Waals surface area contributed by atoms with Crippen LogP contribution >= 0.6 is 46.9 Å². The van der Waals surface area contributed by atoms with E-state index in [0.29, 0.717) is 17.2 Å². The fraction of sp³-hybridized carbons (Fsp3) is 0.468. The van der Waals surface area contributed by atoms with Crippen LogP contribution in [0.2, 0.25) is 0 Å². The highest BCUT2D eigenvalue weighted by atomic mass is 31.2. The summed E-state index contributed by atoms with van der Waals surface area (Å²) in [6.07, 6.45) is -20.1. The second-order valence-electron chi connectivity index (χ2n) is 34.1. The van der Waals surface area contributed by atoms with Gasteiger partial charge in [-0.05, 0) is 60.9 Å². The zero-order valence-corrected chi connectivity index (χ0v) is 84.0. The first-order valence-electron chi connectivity index (χ1n) is 45.0.